The van der Waals surface area contributed by atoms with Gasteiger partial charge >= 0.3 is 6.03 Å². The standard InChI is InChI=1S/C23H23N5O3S/c1-26(19-5-3-2-4-6-19)23(30)27-11-9-16(10-12-27)17-7-8-20-18(13-17)15-24-28(20)22-14-21(29)25-32(22)31/h2-8,13-16H,9-12H2,1H3,(H,25,29). The van der Waals surface area contributed by atoms with Gasteiger partial charge in [-0.15, -0.1) is 0 Å². The Morgan fingerprint density at radius 3 is 2.59 bits per heavy atom. The van der Waals surface area contributed by atoms with E-state index in [1.807, 2.05) is 48.3 Å². The number of urea groups is 1. The molecule has 3 heterocycles. The lowest BCUT2D eigenvalue weighted by atomic mass is 9.89. The minimum absolute atomic E-state index is 0.0207. The highest BCUT2D eigenvalue weighted by Crippen LogP contribution is 2.31. The fraction of sp³-hybridized carbons (Fsp3) is 0.261. The van der Waals surface area contributed by atoms with Crippen molar-refractivity contribution in [3.63, 3.8) is 0 Å². The Morgan fingerprint density at radius 1 is 1.16 bits per heavy atom. The van der Waals surface area contributed by atoms with Crippen molar-refractivity contribution in [2.24, 2.45) is 0 Å². The Bertz CT molecular complexity index is 1250. The molecule has 164 valence electrons. The lowest BCUT2D eigenvalue weighted by Gasteiger charge is -2.34. The second kappa shape index (κ2) is 8.23. The topological polar surface area (TPSA) is 87.5 Å². The molecule has 1 aromatic heterocycles. The molecule has 0 aliphatic carbocycles. The molecule has 1 N–H and O–H groups in total. The minimum atomic E-state index is -1.59. The fourth-order valence-corrected chi connectivity index (χ4v) is 5.20. The van der Waals surface area contributed by atoms with Crippen LogP contribution in [0.4, 0.5) is 10.5 Å². The maximum Gasteiger partial charge on any atom is 0.324 e. The van der Waals surface area contributed by atoms with Crippen LogP contribution >= 0.6 is 0 Å². The van der Waals surface area contributed by atoms with Crippen LogP contribution in [-0.4, -0.2) is 51.0 Å². The number of anilines is 1. The first-order valence-electron chi connectivity index (χ1n) is 10.5. The number of nitrogens with one attached hydrogen (secondary N) is 1. The predicted molar refractivity (Wildman–Crippen MR) is 124 cm³/mol. The third kappa shape index (κ3) is 3.69. The van der Waals surface area contributed by atoms with E-state index in [9.17, 15) is 13.8 Å². The molecule has 8 nitrogen and oxygen atoms in total. The Balaban J connectivity index is 1.28. The zero-order valence-electron chi connectivity index (χ0n) is 17.6. The van der Waals surface area contributed by atoms with E-state index in [0.717, 1.165) is 29.4 Å². The van der Waals surface area contributed by atoms with Crippen LogP contribution in [0, 0.1) is 0 Å². The first kappa shape index (κ1) is 20.4. The van der Waals surface area contributed by atoms with Crippen molar-refractivity contribution in [1.29, 1.82) is 0 Å². The zero-order valence-corrected chi connectivity index (χ0v) is 18.4. The van der Waals surface area contributed by atoms with Gasteiger partial charge in [-0.1, -0.05) is 24.3 Å². The number of hydrogen-bond acceptors (Lipinski definition) is 4. The number of carbonyl (C=O) groups excluding carboxylic acids is 2. The molecule has 2 aliphatic heterocycles. The van der Waals surface area contributed by atoms with E-state index in [0.29, 0.717) is 24.0 Å². The van der Waals surface area contributed by atoms with Crippen LogP contribution in [0.15, 0.2) is 60.8 Å². The summed E-state index contributed by atoms with van der Waals surface area (Å²) in [5, 5.41) is 5.61. The average Bonchev–Trinajstić information content (AvgIpc) is 3.40. The number of fused-ring (bicyclic) bond motifs is 1. The number of rotatable bonds is 3. The van der Waals surface area contributed by atoms with Gasteiger partial charge in [-0.2, -0.15) is 5.10 Å². The van der Waals surface area contributed by atoms with Crippen LogP contribution in [0.25, 0.3) is 15.9 Å². The molecule has 3 aromatic rings. The van der Waals surface area contributed by atoms with Gasteiger partial charge in [-0.05, 0) is 48.6 Å². The number of para-hydroxylation sites is 1. The number of benzene rings is 2. The van der Waals surface area contributed by atoms with Crippen LogP contribution in [0.1, 0.15) is 24.3 Å². The molecule has 5 rings (SSSR count). The number of amides is 3. The number of nitrogens with zero attached hydrogens (tertiary/aromatic N) is 4. The smallest absolute Gasteiger partial charge is 0.324 e. The molecule has 3 amide bonds. The SMILES string of the molecule is CN(C(=O)N1CCC(c2ccc3c(cnn3C3=CC(=O)NS3=O)c2)CC1)c1ccccc1. The summed E-state index contributed by atoms with van der Waals surface area (Å²) >= 11 is 0. The summed E-state index contributed by atoms with van der Waals surface area (Å²) in [6.07, 6.45) is 4.83. The van der Waals surface area contributed by atoms with E-state index in [1.54, 1.807) is 15.8 Å². The van der Waals surface area contributed by atoms with Gasteiger partial charge in [0.1, 0.15) is 0 Å². The molecule has 0 saturated carbocycles. The number of hydrogen-bond donors (Lipinski definition) is 1. The van der Waals surface area contributed by atoms with Crippen molar-refractivity contribution in [2.75, 3.05) is 25.0 Å². The Hall–Kier alpha value is -3.46. The van der Waals surface area contributed by atoms with Crippen molar-refractivity contribution in [3.05, 3.63) is 66.4 Å². The second-order valence-electron chi connectivity index (χ2n) is 8.03. The molecule has 2 aliphatic rings. The van der Waals surface area contributed by atoms with Crippen LogP contribution in [0.2, 0.25) is 0 Å². The molecule has 1 unspecified atom stereocenters. The Kier molecular flexibility index (Phi) is 5.26. The fourth-order valence-electron chi connectivity index (χ4n) is 4.34. The molecular formula is C23H23N5O3S. The Labute approximate surface area is 188 Å². The van der Waals surface area contributed by atoms with Gasteiger partial charge in [0.15, 0.2) is 16.0 Å². The summed E-state index contributed by atoms with van der Waals surface area (Å²) in [5.74, 6) is -0.0188. The van der Waals surface area contributed by atoms with E-state index in [1.165, 1.54) is 11.6 Å². The van der Waals surface area contributed by atoms with Gasteiger partial charge in [-0.3, -0.25) is 14.4 Å². The third-order valence-corrected chi connectivity index (χ3v) is 7.16. The van der Waals surface area contributed by atoms with Crippen LogP contribution in [0.5, 0.6) is 0 Å². The summed E-state index contributed by atoms with van der Waals surface area (Å²) in [4.78, 5) is 28.0. The van der Waals surface area contributed by atoms with E-state index in [4.69, 9.17) is 0 Å². The van der Waals surface area contributed by atoms with Crippen LogP contribution < -0.4 is 9.62 Å². The molecule has 0 bridgehead atoms. The second-order valence-corrected chi connectivity index (χ2v) is 9.19. The molecule has 2 aromatic carbocycles. The molecule has 1 fully saturated rings. The van der Waals surface area contributed by atoms with Crippen molar-refractivity contribution < 1.29 is 13.8 Å². The normalized spacial score (nSPS) is 19.2. The maximum absolute atomic E-state index is 12.9. The van der Waals surface area contributed by atoms with Crippen molar-refractivity contribution >= 4 is 44.5 Å². The quantitative estimate of drug-likeness (QED) is 0.666. The molecule has 32 heavy (non-hydrogen) atoms. The lowest BCUT2D eigenvalue weighted by molar-refractivity contribution is -0.114. The average molecular weight is 450 g/mol. The lowest BCUT2D eigenvalue weighted by Crippen LogP contribution is -2.45. The van der Waals surface area contributed by atoms with Crippen LogP contribution in [-0.2, 0) is 15.8 Å². The summed E-state index contributed by atoms with van der Waals surface area (Å²) in [6, 6.07) is 15.8. The molecule has 1 saturated heterocycles. The summed E-state index contributed by atoms with van der Waals surface area (Å²) in [5.41, 5.74) is 2.90. The number of carbonyl (C=O) groups is 2. The highest BCUT2D eigenvalue weighted by atomic mass is 32.2. The number of piperidine rings is 1. The molecule has 0 radical (unpaired) electrons. The van der Waals surface area contributed by atoms with Crippen molar-refractivity contribution in [3.8, 4) is 0 Å². The molecular weight excluding hydrogens is 426 g/mol. The van der Waals surface area contributed by atoms with Gasteiger partial charge in [0.25, 0.3) is 5.91 Å². The minimum Gasteiger partial charge on any atom is -0.324 e. The first-order chi connectivity index (χ1) is 15.5. The van der Waals surface area contributed by atoms with E-state index in [2.05, 4.69) is 22.0 Å². The van der Waals surface area contributed by atoms with E-state index >= 15 is 0 Å². The van der Waals surface area contributed by atoms with E-state index < -0.39 is 11.0 Å². The molecule has 9 heteroatoms. The number of likely N-dealkylation sites (tertiary alicyclic amines) is 1. The largest absolute Gasteiger partial charge is 0.324 e. The van der Waals surface area contributed by atoms with Crippen molar-refractivity contribution in [1.82, 2.24) is 19.4 Å². The highest BCUT2D eigenvalue weighted by Gasteiger charge is 2.27. The van der Waals surface area contributed by atoms with Gasteiger partial charge in [-0.25, -0.2) is 13.7 Å². The monoisotopic (exact) mass is 449 g/mol. The van der Waals surface area contributed by atoms with Gasteiger partial charge in [0, 0.05) is 37.3 Å². The molecule has 1 atom stereocenters. The van der Waals surface area contributed by atoms with Gasteiger partial charge in [0.2, 0.25) is 0 Å². The Morgan fingerprint density at radius 2 is 1.91 bits per heavy atom. The summed E-state index contributed by atoms with van der Waals surface area (Å²) in [7, 11) is 0.219. The van der Waals surface area contributed by atoms with Gasteiger partial charge in [0.05, 0.1) is 11.7 Å². The van der Waals surface area contributed by atoms with Crippen LogP contribution in [0.3, 0.4) is 0 Å². The summed E-state index contributed by atoms with van der Waals surface area (Å²) in [6.45, 7) is 1.41. The number of aromatic nitrogens is 2. The van der Waals surface area contributed by atoms with Gasteiger partial charge < -0.3 is 4.90 Å². The van der Waals surface area contributed by atoms with E-state index in [-0.39, 0.29) is 11.9 Å². The highest BCUT2D eigenvalue weighted by molar-refractivity contribution is 7.93. The first-order valence-corrected chi connectivity index (χ1v) is 11.7. The maximum atomic E-state index is 12.9. The predicted octanol–water partition coefficient (Wildman–Crippen LogP) is 3.06. The summed E-state index contributed by atoms with van der Waals surface area (Å²) < 4.78 is 16.0. The molecule has 0 spiro atoms. The zero-order chi connectivity index (χ0) is 22.2. The third-order valence-electron chi connectivity index (χ3n) is 6.11. The van der Waals surface area contributed by atoms with Crippen molar-refractivity contribution in [2.45, 2.75) is 18.8 Å².